The molecular formula is C25H27N3O. The normalized spacial score (nSPS) is 24.5. The van der Waals surface area contributed by atoms with E-state index in [0.717, 1.165) is 31.4 Å². The van der Waals surface area contributed by atoms with Gasteiger partial charge in [0.25, 0.3) is 0 Å². The van der Waals surface area contributed by atoms with Gasteiger partial charge in [-0.2, -0.15) is 0 Å². The van der Waals surface area contributed by atoms with E-state index in [2.05, 4.69) is 46.3 Å². The topological polar surface area (TPSA) is 59.2 Å². The van der Waals surface area contributed by atoms with Crippen LogP contribution in [0.1, 0.15) is 53.6 Å². The van der Waals surface area contributed by atoms with Gasteiger partial charge in [0.1, 0.15) is 0 Å². The Hall–Kier alpha value is -2.72. The molecule has 2 aromatic carbocycles. The van der Waals surface area contributed by atoms with Gasteiger partial charge in [0.15, 0.2) is 0 Å². The van der Waals surface area contributed by atoms with Gasteiger partial charge in [-0.15, -0.1) is 0 Å². The van der Waals surface area contributed by atoms with E-state index < -0.39 is 0 Å². The first-order valence-corrected chi connectivity index (χ1v) is 10.6. The summed E-state index contributed by atoms with van der Waals surface area (Å²) in [5.41, 5.74) is 10.1. The zero-order valence-corrected chi connectivity index (χ0v) is 16.7. The number of aromatic nitrogens is 1. The maximum absolute atomic E-state index is 11.7. The number of hydrogen-bond acceptors (Lipinski definition) is 3. The van der Waals surface area contributed by atoms with Crippen LogP contribution in [0.25, 0.3) is 10.9 Å². The van der Waals surface area contributed by atoms with E-state index in [4.69, 9.17) is 5.73 Å². The highest BCUT2D eigenvalue weighted by Gasteiger charge is 2.43. The van der Waals surface area contributed by atoms with Crippen molar-refractivity contribution in [1.82, 2.24) is 9.88 Å². The van der Waals surface area contributed by atoms with E-state index >= 15 is 0 Å². The molecule has 2 bridgehead atoms. The first kappa shape index (κ1) is 18.3. The molecule has 1 aromatic heterocycles. The number of amides is 1. The van der Waals surface area contributed by atoms with Crippen molar-refractivity contribution in [2.75, 3.05) is 6.54 Å². The second kappa shape index (κ2) is 7.27. The van der Waals surface area contributed by atoms with Crippen LogP contribution in [0.4, 0.5) is 0 Å². The summed E-state index contributed by atoms with van der Waals surface area (Å²) in [6, 6.07) is 19.2. The number of fused-ring (bicyclic) bond motifs is 3. The highest BCUT2D eigenvalue weighted by atomic mass is 16.1. The minimum atomic E-state index is -0.336. The van der Waals surface area contributed by atoms with Crippen LogP contribution in [-0.2, 0) is 12.0 Å². The molecule has 1 amide bonds. The number of hydrogen-bond donors (Lipinski definition) is 1. The molecule has 1 aliphatic carbocycles. The minimum absolute atomic E-state index is 0.186. The lowest BCUT2D eigenvalue weighted by Crippen LogP contribution is -2.51. The molecular weight excluding hydrogens is 358 g/mol. The third kappa shape index (κ3) is 3.32. The Morgan fingerprint density at radius 2 is 2.03 bits per heavy atom. The molecule has 1 saturated heterocycles. The van der Waals surface area contributed by atoms with Crippen LogP contribution in [0.2, 0.25) is 0 Å². The highest BCUT2D eigenvalue weighted by Crippen LogP contribution is 2.47. The van der Waals surface area contributed by atoms with Crippen molar-refractivity contribution in [3.63, 3.8) is 0 Å². The number of carbonyl (C=O) groups is 1. The zero-order valence-electron chi connectivity index (χ0n) is 16.7. The minimum Gasteiger partial charge on any atom is -0.366 e. The van der Waals surface area contributed by atoms with Crippen molar-refractivity contribution < 1.29 is 4.79 Å². The number of likely N-dealkylation sites (tertiary alicyclic amines) is 1. The Morgan fingerprint density at radius 1 is 1.14 bits per heavy atom. The number of nitrogens with zero attached hydrogens (tertiary/aromatic N) is 2. The first-order chi connectivity index (χ1) is 14.1. The summed E-state index contributed by atoms with van der Waals surface area (Å²) < 4.78 is 0. The molecule has 29 heavy (non-hydrogen) atoms. The van der Waals surface area contributed by atoms with Gasteiger partial charge in [0, 0.05) is 29.7 Å². The van der Waals surface area contributed by atoms with Crippen molar-refractivity contribution in [2.45, 2.75) is 50.1 Å². The lowest BCUT2D eigenvalue weighted by Gasteiger charge is -2.51. The molecule has 4 heteroatoms. The molecule has 2 atom stereocenters. The van der Waals surface area contributed by atoms with Crippen molar-refractivity contribution in [3.8, 4) is 0 Å². The molecule has 5 rings (SSSR count). The number of carbonyl (C=O) groups excluding carboxylic acids is 1. The number of para-hydroxylation sites is 1. The van der Waals surface area contributed by atoms with Crippen molar-refractivity contribution in [2.24, 2.45) is 5.73 Å². The number of pyridine rings is 1. The Kier molecular flexibility index (Phi) is 4.59. The molecule has 2 fully saturated rings. The van der Waals surface area contributed by atoms with Gasteiger partial charge in [-0.25, -0.2) is 0 Å². The van der Waals surface area contributed by atoms with Crippen LogP contribution < -0.4 is 5.73 Å². The van der Waals surface area contributed by atoms with Crippen LogP contribution in [0.5, 0.6) is 0 Å². The average Bonchev–Trinajstić information content (AvgIpc) is 2.76. The van der Waals surface area contributed by atoms with E-state index in [0.29, 0.717) is 11.6 Å². The third-order valence-electron chi connectivity index (χ3n) is 7.09. The molecule has 2 heterocycles. The average molecular weight is 386 g/mol. The zero-order chi connectivity index (χ0) is 19.8. The maximum atomic E-state index is 11.7. The lowest BCUT2D eigenvalue weighted by atomic mass is 9.63. The summed E-state index contributed by atoms with van der Waals surface area (Å²) in [5.74, 6) is -0.336. The SMILES string of the molecule is NC(=O)c1cccc(C23CCCC(C2)N(Cc2ccnc4ccccc24)CC3)c1. The Morgan fingerprint density at radius 3 is 2.93 bits per heavy atom. The highest BCUT2D eigenvalue weighted by molar-refractivity contribution is 5.93. The summed E-state index contributed by atoms with van der Waals surface area (Å²) >= 11 is 0. The fourth-order valence-electron chi connectivity index (χ4n) is 5.54. The van der Waals surface area contributed by atoms with E-state index in [-0.39, 0.29) is 11.3 Å². The molecule has 1 saturated carbocycles. The van der Waals surface area contributed by atoms with Gasteiger partial charge in [-0.05, 0) is 73.0 Å². The monoisotopic (exact) mass is 385 g/mol. The Bertz CT molecular complexity index is 1060. The molecule has 2 N–H and O–H groups in total. The second-order valence-corrected chi connectivity index (χ2v) is 8.68. The summed E-state index contributed by atoms with van der Waals surface area (Å²) in [6.45, 7) is 2.06. The largest absolute Gasteiger partial charge is 0.366 e. The van der Waals surface area contributed by atoms with Crippen molar-refractivity contribution in [3.05, 3.63) is 77.5 Å². The van der Waals surface area contributed by atoms with Crippen LogP contribution >= 0.6 is 0 Å². The lowest BCUT2D eigenvalue weighted by molar-refractivity contribution is 0.0461. The molecule has 3 aromatic rings. The number of primary amides is 1. The number of piperidine rings is 1. The summed E-state index contributed by atoms with van der Waals surface area (Å²) in [4.78, 5) is 18.9. The van der Waals surface area contributed by atoms with Gasteiger partial charge in [-0.3, -0.25) is 14.7 Å². The van der Waals surface area contributed by atoms with Crippen molar-refractivity contribution in [1.29, 1.82) is 0 Å². The molecule has 0 radical (unpaired) electrons. The number of benzene rings is 2. The van der Waals surface area contributed by atoms with Crippen LogP contribution in [-0.4, -0.2) is 28.4 Å². The predicted molar refractivity (Wildman–Crippen MR) is 116 cm³/mol. The number of rotatable bonds is 4. The van der Waals surface area contributed by atoms with Gasteiger partial charge in [0.05, 0.1) is 5.52 Å². The van der Waals surface area contributed by atoms with Gasteiger partial charge < -0.3 is 5.73 Å². The van der Waals surface area contributed by atoms with Gasteiger partial charge in [0.2, 0.25) is 5.91 Å². The summed E-state index contributed by atoms with van der Waals surface area (Å²) in [7, 11) is 0. The van der Waals surface area contributed by atoms with Crippen molar-refractivity contribution >= 4 is 16.8 Å². The second-order valence-electron chi connectivity index (χ2n) is 8.68. The molecule has 2 aliphatic rings. The van der Waals surface area contributed by atoms with Crippen LogP contribution in [0, 0.1) is 0 Å². The molecule has 0 spiro atoms. The third-order valence-corrected chi connectivity index (χ3v) is 7.09. The number of nitrogens with two attached hydrogens (primary N) is 1. The summed E-state index contributed by atoms with van der Waals surface area (Å²) in [6.07, 6.45) is 7.92. The van der Waals surface area contributed by atoms with Crippen LogP contribution in [0.15, 0.2) is 60.8 Å². The quantitative estimate of drug-likeness (QED) is 0.723. The fraction of sp³-hybridized carbons (Fsp3) is 0.360. The van der Waals surface area contributed by atoms with E-state index in [1.54, 1.807) is 0 Å². The molecule has 1 aliphatic heterocycles. The molecule has 4 nitrogen and oxygen atoms in total. The van der Waals surface area contributed by atoms with E-state index in [9.17, 15) is 4.79 Å². The van der Waals surface area contributed by atoms with Crippen LogP contribution in [0.3, 0.4) is 0 Å². The Labute approximate surface area is 171 Å². The smallest absolute Gasteiger partial charge is 0.248 e. The van der Waals surface area contributed by atoms with E-state index in [1.807, 2.05) is 24.4 Å². The first-order valence-electron chi connectivity index (χ1n) is 10.6. The Balaban J connectivity index is 1.41. The molecule has 148 valence electrons. The predicted octanol–water partition coefficient (Wildman–Crippen LogP) is 4.42. The van der Waals surface area contributed by atoms with E-state index in [1.165, 1.54) is 35.8 Å². The van der Waals surface area contributed by atoms with Gasteiger partial charge >= 0.3 is 0 Å². The van der Waals surface area contributed by atoms with Gasteiger partial charge in [-0.1, -0.05) is 36.8 Å². The fourth-order valence-corrected chi connectivity index (χ4v) is 5.54. The maximum Gasteiger partial charge on any atom is 0.248 e. The summed E-state index contributed by atoms with van der Waals surface area (Å²) in [5, 5.41) is 1.26. The standard InChI is InChI=1S/C25H27N3O/c26-24(29)18-5-3-6-20(15-18)25-11-4-7-21(16-25)28(14-12-25)17-19-10-13-27-23-9-2-1-8-22(19)23/h1-3,5-6,8-10,13,15,21H,4,7,11-12,14,16-17H2,(H2,26,29). The molecule has 2 unspecified atom stereocenters.